The molecule has 0 aliphatic rings. The van der Waals surface area contributed by atoms with Crippen LogP contribution < -0.4 is 14.9 Å². The first kappa shape index (κ1) is 14.4. The number of nitrogens with zero attached hydrogens (tertiary/aromatic N) is 1. The predicted octanol–water partition coefficient (Wildman–Crippen LogP) is 0.822. The van der Waals surface area contributed by atoms with Gasteiger partial charge in [0.05, 0.1) is 12.6 Å². The summed E-state index contributed by atoms with van der Waals surface area (Å²) in [5.74, 6) is -0.438. The maximum Gasteiger partial charge on any atom is 0.573 e. The van der Waals surface area contributed by atoms with Crippen molar-refractivity contribution in [3.05, 3.63) is 24.3 Å². The van der Waals surface area contributed by atoms with E-state index in [0.717, 1.165) is 12.1 Å². The number of halogens is 3. The lowest BCUT2D eigenvalue weighted by Crippen LogP contribution is -2.31. The number of aromatic nitrogens is 1. The highest BCUT2D eigenvalue weighted by Crippen LogP contribution is 2.26. The van der Waals surface area contributed by atoms with E-state index >= 15 is 0 Å². The zero-order chi connectivity index (χ0) is 14.9. The average Bonchev–Trinajstić information content (AvgIpc) is 2.35. The van der Waals surface area contributed by atoms with Gasteiger partial charge in [-0.1, -0.05) is 0 Å². The van der Waals surface area contributed by atoms with Gasteiger partial charge in [0.2, 0.25) is 5.88 Å². The molecule has 0 fully saturated rings. The molecule has 0 bridgehead atoms. The van der Waals surface area contributed by atoms with Crippen molar-refractivity contribution in [2.75, 3.05) is 7.11 Å². The van der Waals surface area contributed by atoms with E-state index in [4.69, 9.17) is 4.74 Å². The molecular weight excluding hydrogens is 278 g/mol. The van der Waals surface area contributed by atoms with E-state index in [1.165, 1.54) is 19.2 Å². The molecule has 0 spiro atoms. The van der Waals surface area contributed by atoms with E-state index < -0.39 is 19.2 Å². The molecule has 0 amide bonds. The molecule has 2 rings (SSSR count). The van der Waals surface area contributed by atoms with Gasteiger partial charge in [-0.2, -0.15) is 0 Å². The van der Waals surface area contributed by atoms with Gasteiger partial charge in [0.1, 0.15) is 5.75 Å². The van der Waals surface area contributed by atoms with Crippen LogP contribution in [0.25, 0.3) is 10.9 Å². The van der Waals surface area contributed by atoms with Gasteiger partial charge in [-0.3, -0.25) is 0 Å². The van der Waals surface area contributed by atoms with Crippen LogP contribution in [0.5, 0.6) is 11.6 Å². The van der Waals surface area contributed by atoms with Crippen LogP contribution >= 0.6 is 0 Å². The quantitative estimate of drug-likeness (QED) is 0.818. The highest BCUT2D eigenvalue weighted by molar-refractivity contribution is 6.59. The summed E-state index contributed by atoms with van der Waals surface area (Å²) in [6.07, 6.45) is -4.80. The number of rotatable bonds is 3. The van der Waals surface area contributed by atoms with E-state index in [1.54, 1.807) is 0 Å². The van der Waals surface area contributed by atoms with Gasteiger partial charge in [-0.05, 0) is 24.3 Å². The number of fused-ring (bicyclic) bond motifs is 1. The summed E-state index contributed by atoms with van der Waals surface area (Å²) in [6, 6.07) is 4.79. The van der Waals surface area contributed by atoms with Crippen molar-refractivity contribution < 1.29 is 32.7 Å². The minimum atomic E-state index is -4.80. The fourth-order valence-electron chi connectivity index (χ4n) is 1.70. The molecule has 9 heteroatoms. The number of methoxy groups -OCH3 is 1. The zero-order valence-electron chi connectivity index (χ0n) is 10.2. The summed E-state index contributed by atoms with van der Waals surface area (Å²) in [5.41, 5.74) is 0.282. The van der Waals surface area contributed by atoms with Crippen molar-refractivity contribution in [2.24, 2.45) is 0 Å². The maximum atomic E-state index is 12.1. The Balaban J connectivity index is 2.51. The summed E-state index contributed by atoms with van der Waals surface area (Å²) < 4.78 is 45.1. The summed E-state index contributed by atoms with van der Waals surface area (Å²) in [5, 5.41) is 18.6. The van der Waals surface area contributed by atoms with Crippen LogP contribution in [0.4, 0.5) is 13.2 Å². The lowest BCUT2D eigenvalue weighted by Gasteiger charge is -2.11. The van der Waals surface area contributed by atoms with Crippen molar-refractivity contribution in [3.63, 3.8) is 0 Å². The molecule has 0 aliphatic heterocycles. The molecule has 0 saturated carbocycles. The second kappa shape index (κ2) is 5.18. The number of hydrogen-bond donors (Lipinski definition) is 2. The Kier molecular flexibility index (Phi) is 3.73. The predicted molar refractivity (Wildman–Crippen MR) is 64.8 cm³/mol. The number of hydrogen-bond acceptors (Lipinski definition) is 5. The van der Waals surface area contributed by atoms with Crippen LogP contribution in [0.3, 0.4) is 0 Å². The van der Waals surface area contributed by atoms with E-state index in [1.807, 2.05) is 0 Å². The van der Waals surface area contributed by atoms with Crippen molar-refractivity contribution in [3.8, 4) is 11.6 Å². The third kappa shape index (κ3) is 3.12. The van der Waals surface area contributed by atoms with Gasteiger partial charge in [-0.15, -0.1) is 13.2 Å². The third-order valence-corrected chi connectivity index (χ3v) is 2.48. The number of pyridine rings is 1. The van der Waals surface area contributed by atoms with E-state index in [0.29, 0.717) is 5.52 Å². The smallest absolute Gasteiger partial charge is 0.481 e. The highest BCUT2D eigenvalue weighted by atomic mass is 19.4. The second-order valence-electron chi connectivity index (χ2n) is 3.86. The molecule has 0 unspecified atom stereocenters. The fraction of sp³-hybridized carbons (Fsp3) is 0.182. The highest BCUT2D eigenvalue weighted by Gasteiger charge is 2.31. The normalized spacial score (nSPS) is 11.5. The molecule has 1 aromatic carbocycles. The van der Waals surface area contributed by atoms with Crippen LogP contribution in [0, 0.1) is 0 Å². The van der Waals surface area contributed by atoms with Crippen LogP contribution in [-0.2, 0) is 0 Å². The molecule has 0 saturated heterocycles. The fourth-order valence-corrected chi connectivity index (χ4v) is 1.70. The topological polar surface area (TPSA) is 71.8 Å². The molecule has 2 N–H and O–H groups in total. The molecule has 2 aromatic rings. The van der Waals surface area contributed by atoms with Crippen molar-refractivity contribution in [1.29, 1.82) is 0 Å². The van der Waals surface area contributed by atoms with Crippen molar-refractivity contribution in [1.82, 2.24) is 4.98 Å². The zero-order valence-corrected chi connectivity index (χ0v) is 10.2. The molecular formula is C11H9BF3NO4. The molecule has 106 valence electrons. The summed E-state index contributed by atoms with van der Waals surface area (Å²) in [4.78, 5) is 3.97. The molecule has 20 heavy (non-hydrogen) atoms. The van der Waals surface area contributed by atoms with Crippen LogP contribution in [0.1, 0.15) is 0 Å². The molecule has 1 heterocycles. The molecule has 1 aromatic heterocycles. The summed E-state index contributed by atoms with van der Waals surface area (Å²) in [7, 11) is -0.560. The van der Waals surface area contributed by atoms with Crippen molar-refractivity contribution in [2.45, 2.75) is 6.36 Å². The van der Waals surface area contributed by atoms with Gasteiger partial charge in [0.25, 0.3) is 0 Å². The number of ether oxygens (including phenoxy) is 2. The Bertz CT molecular complexity index is 633. The first-order valence-electron chi connectivity index (χ1n) is 5.41. The first-order chi connectivity index (χ1) is 9.30. The van der Waals surface area contributed by atoms with Gasteiger partial charge >= 0.3 is 13.5 Å². The Morgan fingerprint density at radius 2 is 1.90 bits per heavy atom. The third-order valence-electron chi connectivity index (χ3n) is 2.48. The molecule has 5 nitrogen and oxygen atoms in total. The van der Waals surface area contributed by atoms with Gasteiger partial charge in [0, 0.05) is 10.8 Å². The minimum absolute atomic E-state index is 0.0167. The Hall–Kier alpha value is -2.00. The molecule has 0 atom stereocenters. The monoisotopic (exact) mass is 287 g/mol. The number of benzene rings is 1. The lowest BCUT2D eigenvalue weighted by atomic mass is 9.80. The van der Waals surface area contributed by atoms with Crippen LogP contribution in [0.2, 0.25) is 0 Å². The molecule has 0 aliphatic carbocycles. The average molecular weight is 287 g/mol. The van der Waals surface area contributed by atoms with E-state index in [-0.39, 0.29) is 16.7 Å². The Morgan fingerprint density at radius 1 is 1.20 bits per heavy atom. The summed E-state index contributed by atoms with van der Waals surface area (Å²) in [6.45, 7) is 0. The van der Waals surface area contributed by atoms with E-state index in [9.17, 15) is 23.2 Å². The Morgan fingerprint density at radius 3 is 2.45 bits per heavy atom. The van der Waals surface area contributed by atoms with Crippen LogP contribution in [-0.4, -0.2) is 35.6 Å². The maximum absolute atomic E-state index is 12.1. The van der Waals surface area contributed by atoms with Gasteiger partial charge in [-0.25, -0.2) is 4.98 Å². The first-order valence-corrected chi connectivity index (χ1v) is 5.41. The largest absolute Gasteiger partial charge is 0.573 e. The Labute approximate surface area is 111 Å². The minimum Gasteiger partial charge on any atom is -0.481 e. The standard InChI is InChI=1S/C11H9BF3NO4/c1-19-10-8(12(17)18)5-6-4-7(20-11(13,14)15)2-3-9(6)16-10/h2-5,17-18H,1H3. The molecule has 0 radical (unpaired) electrons. The van der Waals surface area contributed by atoms with E-state index in [2.05, 4.69) is 9.72 Å². The lowest BCUT2D eigenvalue weighted by molar-refractivity contribution is -0.274. The number of alkyl halides is 3. The summed E-state index contributed by atoms with van der Waals surface area (Å²) >= 11 is 0. The van der Waals surface area contributed by atoms with Crippen LogP contribution in [0.15, 0.2) is 24.3 Å². The van der Waals surface area contributed by atoms with Gasteiger partial charge < -0.3 is 19.5 Å². The van der Waals surface area contributed by atoms with Gasteiger partial charge in [0.15, 0.2) is 0 Å². The SMILES string of the molecule is COc1nc2ccc(OC(F)(F)F)cc2cc1B(O)O. The second-order valence-corrected chi connectivity index (χ2v) is 3.86. The van der Waals surface area contributed by atoms with Crippen molar-refractivity contribution >= 4 is 23.5 Å².